The molecule has 0 amide bonds. The normalized spacial score (nSPS) is 23.8. The van der Waals surface area contributed by atoms with Gasteiger partial charge in [0.15, 0.2) is 0 Å². The molecule has 86 valence electrons. The summed E-state index contributed by atoms with van der Waals surface area (Å²) in [6.07, 6.45) is 6.53. The number of likely N-dealkylation sites (N-methyl/N-ethyl adjacent to an activating group) is 1. The topological polar surface area (TPSA) is 19.4 Å². The standard InChI is InChI=1S/C13H19N3/c1-15-7-4-13(5-8-15)10-16(2)12-3-6-14-9-11(12)13/h3,6,9H,4-5,7-8,10H2,1-2H3. The van der Waals surface area contributed by atoms with Gasteiger partial charge < -0.3 is 9.80 Å². The van der Waals surface area contributed by atoms with Gasteiger partial charge in [-0.1, -0.05) is 0 Å². The first-order valence-electron chi connectivity index (χ1n) is 6.05. The number of likely N-dealkylation sites (tertiary alicyclic amines) is 1. The summed E-state index contributed by atoms with van der Waals surface area (Å²) in [5.41, 5.74) is 3.25. The smallest absolute Gasteiger partial charge is 0.0433 e. The number of nitrogens with zero attached hydrogens (tertiary/aromatic N) is 3. The third-order valence-corrected chi connectivity index (χ3v) is 4.26. The molecule has 0 bridgehead atoms. The van der Waals surface area contributed by atoms with Crippen molar-refractivity contribution in [1.29, 1.82) is 0 Å². The maximum atomic E-state index is 4.32. The van der Waals surface area contributed by atoms with E-state index in [0.29, 0.717) is 5.41 Å². The number of aromatic nitrogens is 1. The highest BCUT2D eigenvalue weighted by atomic mass is 15.2. The molecule has 0 unspecified atom stereocenters. The molecule has 0 aliphatic carbocycles. The molecule has 0 saturated carbocycles. The quantitative estimate of drug-likeness (QED) is 0.656. The molecule has 3 heteroatoms. The van der Waals surface area contributed by atoms with Crippen molar-refractivity contribution in [1.82, 2.24) is 9.88 Å². The van der Waals surface area contributed by atoms with Gasteiger partial charge in [-0.3, -0.25) is 4.98 Å². The van der Waals surface area contributed by atoms with Gasteiger partial charge in [-0.25, -0.2) is 0 Å². The second-order valence-corrected chi connectivity index (χ2v) is 5.33. The Labute approximate surface area is 97.1 Å². The number of fused-ring (bicyclic) bond motifs is 2. The average Bonchev–Trinajstić information content (AvgIpc) is 2.58. The van der Waals surface area contributed by atoms with E-state index in [9.17, 15) is 0 Å². The maximum absolute atomic E-state index is 4.32. The van der Waals surface area contributed by atoms with Crippen molar-refractivity contribution in [3.05, 3.63) is 24.0 Å². The second-order valence-electron chi connectivity index (χ2n) is 5.33. The first-order valence-corrected chi connectivity index (χ1v) is 6.05. The van der Waals surface area contributed by atoms with Gasteiger partial charge in [0.1, 0.15) is 0 Å². The minimum atomic E-state index is 0.380. The van der Waals surface area contributed by atoms with E-state index in [1.54, 1.807) is 0 Å². The lowest BCUT2D eigenvalue weighted by Gasteiger charge is -2.38. The van der Waals surface area contributed by atoms with Crippen LogP contribution in [0.5, 0.6) is 0 Å². The first kappa shape index (κ1) is 10.1. The van der Waals surface area contributed by atoms with Gasteiger partial charge in [0.05, 0.1) is 0 Å². The lowest BCUT2D eigenvalue weighted by atomic mass is 9.75. The Kier molecular flexibility index (Phi) is 2.18. The lowest BCUT2D eigenvalue weighted by Crippen LogP contribution is -2.43. The van der Waals surface area contributed by atoms with Crippen LogP contribution in [0.25, 0.3) is 0 Å². The van der Waals surface area contributed by atoms with Crippen LogP contribution in [-0.4, -0.2) is 43.6 Å². The van der Waals surface area contributed by atoms with E-state index in [0.717, 1.165) is 0 Å². The van der Waals surface area contributed by atoms with E-state index in [1.165, 1.54) is 43.7 Å². The third-order valence-electron chi connectivity index (χ3n) is 4.26. The summed E-state index contributed by atoms with van der Waals surface area (Å²) in [6, 6.07) is 2.16. The van der Waals surface area contributed by atoms with Gasteiger partial charge in [0, 0.05) is 42.7 Å². The SMILES string of the molecule is CN1CCC2(CC1)CN(C)c1ccncc12. The van der Waals surface area contributed by atoms with Gasteiger partial charge in [-0.05, 0) is 39.0 Å². The molecule has 3 rings (SSSR count). The number of pyridine rings is 1. The minimum Gasteiger partial charge on any atom is -0.373 e. The van der Waals surface area contributed by atoms with Crippen LogP contribution < -0.4 is 4.90 Å². The van der Waals surface area contributed by atoms with Crippen molar-refractivity contribution in [3.8, 4) is 0 Å². The monoisotopic (exact) mass is 217 g/mol. The van der Waals surface area contributed by atoms with E-state index in [1.807, 2.05) is 6.20 Å². The van der Waals surface area contributed by atoms with Gasteiger partial charge in [-0.15, -0.1) is 0 Å². The highest BCUT2D eigenvalue weighted by Crippen LogP contribution is 2.45. The number of hydrogen-bond donors (Lipinski definition) is 0. The Morgan fingerprint density at radius 2 is 2.00 bits per heavy atom. The van der Waals surface area contributed by atoms with E-state index >= 15 is 0 Å². The average molecular weight is 217 g/mol. The molecule has 2 aliphatic heterocycles. The molecular weight excluding hydrogens is 198 g/mol. The number of anilines is 1. The van der Waals surface area contributed by atoms with Crippen molar-refractivity contribution in [2.24, 2.45) is 0 Å². The highest BCUT2D eigenvalue weighted by molar-refractivity contribution is 5.61. The van der Waals surface area contributed by atoms with Crippen LogP contribution in [0.15, 0.2) is 18.5 Å². The molecule has 0 aromatic carbocycles. The molecule has 0 N–H and O–H groups in total. The lowest BCUT2D eigenvalue weighted by molar-refractivity contribution is 0.197. The molecule has 1 aromatic rings. The second kappa shape index (κ2) is 3.45. The molecule has 3 heterocycles. The van der Waals surface area contributed by atoms with E-state index in [2.05, 4.69) is 41.1 Å². The Bertz CT molecular complexity index is 394. The zero-order valence-electron chi connectivity index (χ0n) is 10.1. The van der Waals surface area contributed by atoms with Crippen LogP contribution in [0.4, 0.5) is 5.69 Å². The zero-order valence-corrected chi connectivity index (χ0v) is 10.1. The predicted octanol–water partition coefficient (Wildman–Crippen LogP) is 1.49. The Morgan fingerprint density at radius 3 is 2.75 bits per heavy atom. The van der Waals surface area contributed by atoms with E-state index < -0.39 is 0 Å². The van der Waals surface area contributed by atoms with E-state index in [-0.39, 0.29) is 0 Å². The highest BCUT2D eigenvalue weighted by Gasteiger charge is 2.43. The Morgan fingerprint density at radius 1 is 1.25 bits per heavy atom. The molecule has 0 radical (unpaired) electrons. The van der Waals surface area contributed by atoms with Crippen LogP contribution in [0.1, 0.15) is 18.4 Å². The maximum Gasteiger partial charge on any atom is 0.0433 e. The van der Waals surface area contributed by atoms with Crippen LogP contribution in [0.2, 0.25) is 0 Å². The fourth-order valence-corrected chi connectivity index (χ4v) is 3.23. The van der Waals surface area contributed by atoms with Crippen LogP contribution in [0, 0.1) is 0 Å². The number of hydrogen-bond acceptors (Lipinski definition) is 3. The summed E-state index contributed by atoms with van der Waals surface area (Å²) in [4.78, 5) is 9.14. The van der Waals surface area contributed by atoms with Gasteiger partial charge in [0.2, 0.25) is 0 Å². The first-order chi connectivity index (χ1) is 7.71. The van der Waals surface area contributed by atoms with Crippen molar-refractivity contribution >= 4 is 5.69 Å². The van der Waals surface area contributed by atoms with Crippen LogP contribution in [-0.2, 0) is 5.41 Å². The molecule has 1 fully saturated rings. The van der Waals surface area contributed by atoms with E-state index in [4.69, 9.17) is 0 Å². The molecule has 1 spiro atoms. The minimum absolute atomic E-state index is 0.380. The van der Waals surface area contributed by atoms with Crippen molar-refractivity contribution in [2.45, 2.75) is 18.3 Å². The summed E-state index contributed by atoms with van der Waals surface area (Å²) in [5, 5.41) is 0. The number of rotatable bonds is 0. The summed E-state index contributed by atoms with van der Waals surface area (Å²) in [7, 11) is 4.42. The van der Waals surface area contributed by atoms with Crippen molar-refractivity contribution in [3.63, 3.8) is 0 Å². The van der Waals surface area contributed by atoms with Gasteiger partial charge in [0.25, 0.3) is 0 Å². The summed E-state index contributed by atoms with van der Waals surface area (Å²) >= 11 is 0. The van der Waals surface area contributed by atoms with Crippen molar-refractivity contribution in [2.75, 3.05) is 38.6 Å². The fourth-order valence-electron chi connectivity index (χ4n) is 3.23. The van der Waals surface area contributed by atoms with Crippen LogP contribution >= 0.6 is 0 Å². The molecule has 3 nitrogen and oxygen atoms in total. The number of piperidine rings is 1. The fraction of sp³-hybridized carbons (Fsp3) is 0.615. The van der Waals surface area contributed by atoms with Gasteiger partial charge >= 0.3 is 0 Å². The largest absolute Gasteiger partial charge is 0.373 e. The summed E-state index contributed by atoms with van der Waals surface area (Å²) in [5.74, 6) is 0. The Balaban J connectivity index is 1.99. The summed E-state index contributed by atoms with van der Waals surface area (Å²) < 4.78 is 0. The predicted molar refractivity (Wildman–Crippen MR) is 65.9 cm³/mol. The molecule has 0 atom stereocenters. The zero-order chi connectivity index (χ0) is 11.2. The molecule has 1 aromatic heterocycles. The van der Waals surface area contributed by atoms with Crippen molar-refractivity contribution < 1.29 is 0 Å². The van der Waals surface area contributed by atoms with Crippen LogP contribution in [0.3, 0.4) is 0 Å². The molecule has 1 saturated heterocycles. The van der Waals surface area contributed by atoms with Gasteiger partial charge in [-0.2, -0.15) is 0 Å². The summed E-state index contributed by atoms with van der Waals surface area (Å²) in [6.45, 7) is 3.59. The third kappa shape index (κ3) is 1.34. The molecular formula is C13H19N3. The Hall–Kier alpha value is -1.09. The molecule has 16 heavy (non-hydrogen) atoms. The molecule has 2 aliphatic rings.